The third-order valence-electron chi connectivity index (χ3n) is 12.9. The summed E-state index contributed by atoms with van der Waals surface area (Å²) in [5.41, 5.74) is 5.65. The molecule has 2 aliphatic rings. The standard InChI is InChI=1S/C55H70N10O12S2/c1-36-48(79-35-59-36)38-11-9-37(10-12-38)30-58-51(70)45-29-41(66)31-65(45)53(72)49(55(2,3)4)61-47(68)32-76-25-24-75-23-22-74-21-20-73-19-14-57-46(67)33-77-42-27-39(26-40(28-42)52(71)64-17-15-63(5)16-18-64)50(69)62-54-60-44(34-78-54)43-8-6-7-13-56-43/h6-13,26-28,34-35,41,45,49,66H,14-25,29-33H2,1-5H3,(H,57,67)(H,58,70)(H,61,68)(H,60,62,69)/t41-,45+,49-/m1/s1. The van der Waals surface area contributed by atoms with Crippen LogP contribution in [0.1, 0.15) is 59.2 Å². The molecule has 5 heterocycles. The third kappa shape index (κ3) is 18.1. The maximum Gasteiger partial charge on any atom is 0.258 e. The number of aromatic nitrogens is 3. The number of likely N-dealkylation sites (N-methyl/N-ethyl adjacent to an activating group) is 1. The molecule has 0 saturated carbocycles. The number of carbonyl (C=O) groups is 6. The van der Waals surface area contributed by atoms with Crippen LogP contribution in [0, 0.1) is 12.3 Å². The van der Waals surface area contributed by atoms with Gasteiger partial charge in [0.2, 0.25) is 17.7 Å². The van der Waals surface area contributed by atoms with Gasteiger partial charge in [-0.05, 0) is 60.8 Å². The number of β-amino-alcohol motifs (C(OH)–C–C–N with tert-alkyl or cyclic N) is 1. The van der Waals surface area contributed by atoms with Gasteiger partial charge in [0.15, 0.2) is 11.7 Å². The first-order chi connectivity index (χ1) is 38.0. The van der Waals surface area contributed by atoms with E-state index in [9.17, 15) is 33.9 Å². The van der Waals surface area contributed by atoms with Crippen LogP contribution in [0.5, 0.6) is 5.75 Å². The lowest BCUT2D eigenvalue weighted by molar-refractivity contribution is -0.144. The van der Waals surface area contributed by atoms with Crippen molar-refractivity contribution in [2.45, 2.75) is 58.8 Å². The predicted molar refractivity (Wildman–Crippen MR) is 297 cm³/mol. The van der Waals surface area contributed by atoms with Crippen molar-refractivity contribution in [3.05, 3.63) is 100 Å². The largest absolute Gasteiger partial charge is 0.484 e. The number of pyridine rings is 1. The molecule has 2 fully saturated rings. The first-order valence-corrected chi connectivity index (χ1v) is 27.8. The number of rotatable bonds is 27. The Kier molecular flexibility index (Phi) is 22.3. The number of piperazine rings is 1. The Labute approximate surface area is 467 Å². The number of benzene rings is 2. The number of thiazole rings is 2. The molecule has 424 valence electrons. The molecule has 24 heteroatoms. The van der Waals surface area contributed by atoms with E-state index in [2.05, 4.69) is 41.1 Å². The number of hydrogen-bond donors (Lipinski definition) is 5. The van der Waals surface area contributed by atoms with Gasteiger partial charge in [0, 0.05) is 74.9 Å². The number of aryl methyl sites for hydroxylation is 1. The fraction of sp³-hybridized carbons (Fsp3) is 0.473. The summed E-state index contributed by atoms with van der Waals surface area (Å²) in [6, 6.07) is 15.9. The zero-order chi connectivity index (χ0) is 56.3. The highest BCUT2D eigenvalue weighted by molar-refractivity contribution is 7.14. The van der Waals surface area contributed by atoms with Gasteiger partial charge in [-0.1, -0.05) is 51.1 Å². The van der Waals surface area contributed by atoms with E-state index >= 15 is 0 Å². The topological polar surface area (TPSA) is 265 Å². The maximum absolute atomic E-state index is 14.0. The number of amides is 6. The van der Waals surface area contributed by atoms with Crippen LogP contribution in [0.15, 0.2) is 77.8 Å². The predicted octanol–water partition coefficient (Wildman–Crippen LogP) is 3.65. The second-order valence-corrected chi connectivity index (χ2v) is 21.7. The van der Waals surface area contributed by atoms with Crippen LogP contribution in [0.3, 0.4) is 0 Å². The zero-order valence-electron chi connectivity index (χ0n) is 45.2. The third-order valence-corrected chi connectivity index (χ3v) is 14.6. The number of anilines is 1. The lowest BCUT2D eigenvalue weighted by Gasteiger charge is -2.35. The summed E-state index contributed by atoms with van der Waals surface area (Å²) in [5, 5.41) is 23.9. The van der Waals surface area contributed by atoms with Gasteiger partial charge < -0.3 is 59.4 Å². The van der Waals surface area contributed by atoms with Gasteiger partial charge in [-0.15, -0.1) is 22.7 Å². The van der Waals surface area contributed by atoms with Gasteiger partial charge >= 0.3 is 0 Å². The SMILES string of the molecule is Cc1ncsc1-c1ccc(CNC(=O)[C@@H]2C[C@@H](O)CN2C(=O)[C@@H](NC(=O)COCCOCCOCCOCCNC(=O)COc2cc(C(=O)Nc3nc(-c4ccccn4)cs3)cc(C(=O)N3CCN(C)CC3)c2)C(C)(C)C)cc1. The van der Waals surface area contributed by atoms with Gasteiger partial charge in [0.05, 0.1) is 74.1 Å². The number of nitrogens with zero attached hydrogens (tertiary/aromatic N) is 6. The summed E-state index contributed by atoms with van der Waals surface area (Å²) in [5.74, 6) is -2.36. The minimum Gasteiger partial charge on any atom is -0.484 e. The van der Waals surface area contributed by atoms with Crippen LogP contribution in [-0.4, -0.2) is 194 Å². The number of aliphatic hydroxyl groups excluding tert-OH is 1. The van der Waals surface area contributed by atoms with Crippen LogP contribution >= 0.6 is 22.7 Å². The normalized spacial score (nSPS) is 16.1. The van der Waals surface area contributed by atoms with Gasteiger partial charge in [-0.25, -0.2) is 9.97 Å². The van der Waals surface area contributed by atoms with Crippen LogP contribution < -0.4 is 26.0 Å². The first kappa shape index (κ1) is 59.9. The van der Waals surface area contributed by atoms with Crippen LogP contribution in [0.4, 0.5) is 5.13 Å². The Morgan fingerprint density at radius 2 is 1.48 bits per heavy atom. The van der Waals surface area contributed by atoms with Gasteiger partial charge in [0.25, 0.3) is 17.7 Å². The average Bonchev–Trinajstić information content (AvgIpc) is 4.23. The van der Waals surface area contributed by atoms with Crippen molar-refractivity contribution in [2.75, 3.05) is 111 Å². The number of aliphatic hydroxyl groups is 1. The molecule has 0 aliphatic carbocycles. The molecule has 3 atom stereocenters. The summed E-state index contributed by atoms with van der Waals surface area (Å²) in [4.78, 5) is 99.6. The molecule has 7 rings (SSSR count). The van der Waals surface area contributed by atoms with Crippen molar-refractivity contribution >= 4 is 63.2 Å². The van der Waals surface area contributed by atoms with E-state index in [0.29, 0.717) is 29.6 Å². The number of carbonyl (C=O) groups excluding carboxylic acids is 6. The van der Waals surface area contributed by atoms with Crippen LogP contribution in [-0.2, 0) is 44.7 Å². The molecule has 5 N–H and O–H groups in total. The molecule has 0 bridgehead atoms. The van der Waals surface area contributed by atoms with E-state index in [0.717, 1.165) is 34.8 Å². The van der Waals surface area contributed by atoms with E-state index in [4.69, 9.17) is 23.7 Å². The number of hydrogen-bond acceptors (Lipinski definition) is 18. The van der Waals surface area contributed by atoms with Crippen molar-refractivity contribution < 1.29 is 57.6 Å². The molecule has 0 unspecified atom stereocenters. The molecule has 3 aromatic heterocycles. The second-order valence-electron chi connectivity index (χ2n) is 20.0. The molecular formula is C55H70N10O12S2. The fourth-order valence-corrected chi connectivity index (χ4v) is 10.0. The van der Waals surface area contributed by atoms with Crippen molar-refractivity contribution in [2.24, 2.45) is 5.41 Å². The van der Waals surface area contributed by atoms with Crippen molar-refractivity contribution in [3.63, 3.8) is 0 Å². The molecule has 6 amide bonds. The van der Waals surface area contributed by atoms with Crippen molar-refractivity contribution in [1.82, 2.24) is 45.6 Å². The Balaban J connectivity index is 0.739. The molecule has 2 saturated heterocycles. The van der Waals surface area contributed by atoms with E-state index in [-0.39, 0.29) is 108 Å². The molecule has 0 spiro atoms. The van der Waals surface area contributed by atoms with E-state index in [1.165, 1.54) is 34.4 Å². The minimum atomic E-state index is -0.994. The zero-order valence-corrected chi connectivity index (χ0v) is 46.8. The summed E-state index contributed by atoms with van der Waals surface area (Å²) >= 11 is 2.81. The van der Waals surface area contributed by atoms with E-state index < -0.39 is 53.1 Å². The number of ether oxygens (including phenoxy) is 5. The second kappa shape index (κ2) is 29.4. The highest BCUT2D eigenvalue weighted by atomic mass is 32.1. The van der Waals surface area contributed by atoms with Gasteiger partial charge in [-0.3, -0.25) is 39.1 Å². The van der Waals surface area contributed by atoms with Crippen molar-refractivity contribution in [1.29, 1.82) is 0 Å². The molecular weight excluding hydrogens is 1060 g/mol. The van der Waals surface area contributed by atoms with Crippen LogP contribution in [0.25, 0.3) is 21.8 Å². The summed E-state index contributed by atoms with van der Waals surface area (Å²) in [6.07, 6.45) is 0.846. The van der Waals surface area contributed by atoms with Crippen molar-refractivity contribution in [3.8, 4) is 27.6 Å². The Morgan fingerprint density at radius 3 is 2.15 bits per heavy atom. The minimum absolute atomic E-state index is 0.0379. The fourth-order valence-electron chi connectivity index (χ4n) is 8.53. The molecule has 5 aromatic rings. The summed E-state index contributed by atoms with van der Waals surface area (Å²) < 4.78 is 28.0. The monoisotopic (exact) mass is 1130 g/mol. The molecule has 22 nitrogen and oxygen atoms in total. The number of nitrogens with one attached hydrogen (secondary N) is 4. The molecule has 2 aromatic carbocycles. The van der Waals surface area contributed by atoms with Gasteiger partial charge in [0.1, 0.15) is 30.1 Å². The first-order valence-electron chi connectivity index (χ1n) is 26.1. The highest BCUT2D eigenvalue weighted by Gasteiger charge is 2.44. The maximum atomic E-state index is 14.0. The van der Waals surface area contributed by atoms with Gasteiger partial charge in [-0.2, -0.15) is 0 Å². The molecule has 79 heavy (non-hydrogen) atoms. The highest BCUT2D eigenvalue weighted by Crippen LogP contribution is 2.29. The van der Waals surface area contributed by atoms with E-state index in [1.807, 2.05) is 71.1 Å². The smallest absolute Gasteiger partial charge is 0.258 e. The molecule has 2 aliphatic heterocycles. The summed E-state index contributed by atoms with van der Waals surface area (Å²) in [7, 11) is 1.99. The number of likely N-dealkylation sites (tertiary alicyclic amines) is 1. The lowest BCUT2D eigenvalue weighted by atomic mass is 9.85. The quantitative estimate of drug-likeness (QED) is 0.0470. The Bertz CT molecular complexity index is 2820. The molecule has 0 radical (unpaired) electrons. The lowest BCUT2D eigenvalue weighted by Crippen LogP contribution is -2.58. The average molecular weight is 1130 g/mol. The Morgan fingerprint density at radius 1 is 0.785 bits per heavy atom. The van der Waals surface area contributed by atoms with E-state index in [1.54, 1.807) is 39.4 Å². The summed E-state index contributed by atoms with van der Waals surface area (Å²) in [6.45, 7) is 11.2. The van der Waals surface area contributed by atoms with Crippen LogP contribution in [0.2, 0.25) is 0 Å². The Hall–Kier alpha value is -6.77.